The summed E-state index contributed by atoms with van der Waals surface area (Å²) in [7, 11) is 0. The molecular weight excluding hydrogens is 150 g/mol. The molecule has 1 aromatic rings. The minimum Gasteiger partial charge on any atom is -0.393 e. The molecule has 0 amide bonds. The fourth-order valence-corrected chi connectivity index (χ4v) is 1.06. The minimum atomic E-state index is -0.174. The maximum Gasteiger partial charge on any atom is 0.0541 e. The van der Waals surface area contributed by atoms with E-state index in [1.165, 1.54) is 0 Å². The molecule has 12 heavy (non-hydrogen) atoms. The summed E-state index contributed by atoms with van der Waals surface area (Å²) in [5.74, 6) is 0. The van der Waals surface area contributed by atoms with Crippen LogP contribution in [0.3, 0.4) is 0 Å². The van der Waals surface area contributed by atoms with Gasteiger partial charge in [0.25, 0.3) is 0 Å². The highest BCUT2D eigenvalue weighted by Crippen LogP contribution is 2.03. The molecule has 0 bridgehead atoms. The maximum absolute atomic E-state index is 9.29. The zero-order valence-electron chi connectivity index (χ0n) is 7.40. The molecule has 0 aliphatic heterocycles. The van der Waals surface area contributed by atoms with Crippen molar-refractivity contribution in [3.63, 3.8) is 0 Å². The topological polar surface area (TPSA) is 33.1 Å². The number of nitrogens with zero attached hydrogens (tertiary/aromatic N) is 1. The Morgan fingerprint density at radius 3 is 2.92 bits per heavy atom. The first-order valence-corrected chi connectivity index (χ1v) is 4.41. The van der Waals surface area contributed by atoms with Gasteiger partial charge in [-0.3, -0.25) is 4.98 Å². The number of aliphatic hydroxyl groups excluding tert-OH is 1. The molecule has 0 radical (unpaired) electrons. The third kappa shape index (κ3) is 3.01. The third-order valence-corrected chi connectivity index (χ3v) is 1.93. The number of aryl methyl sites for hydroxylation is 1. The van der Waals surface area contributed by atoms with E-state index < -0.39 is 0 Å². The van der Waals surface area contributed by atoms with E-state index in [9.17, 15) is 5.11 Å². The molecule has 0 fully saturated rings. The van der Waals surface area contributed by atoms with E-state index in [-0.39, 0.29) is 6.10 Å². The van der Waals surface area contributed by atoms with Crippen LogP contribution in [0.2, 0.25) is 0 Å². The van der Waals surface area contributed by atoms with Crippen LogP contribution in [-0.2, 0) is 6.42 Å². The Labute approximate surface area is 73.3 Å². The summed E-state index contributed by atoms with van der Waals surface area (Å²) in [6.07, 6.45) is 4.12. The van der Waals surface area contributed by atoms with Gasteiger partial charge in [-0.15, -0.1) is 0 Å². The molecule has 1 N–H and O–H groups in total. The molecule has 0 aliphatic rings. The summed E-state index contributed by atoms with van der Waals surface area (Å²) in [5.41, 5.74) is 1.06. The minimum absolute atomic E-state index is 0.174. The highest BCUT2D eigenvalue weighted by atomic mass is 16.3. The number of pyridine rings is 1. The molecule has 2 nitrogen and oxygen atoms in total. The van der Waals surface area contributed by atoms with Gasteiger partial charge in [-0.2, -0.15) is 0 Å². The predicted octanol–water partition coefficient (Wildman–Crippen LogP) is 1.79. The van der Waals surface area contributed by atoms with Crippen LogP contribution in [-0.4, -0.2) is 16.2 Å². The van der Waals surface area contributed by atoms with E-state index in [1.807, 2.05) is 25.1 Å². The molecule has 0 unspecified atom stereocenters. The zero-order chi connectivity index (χ0) is 8.81. The molecule has 0 saturated heterocycles. The van der Waals surface area contributed by atoms with E-state index >= 15 is 0 Å². The summed E-state index contributed by atoms with van der Waals surface area (Å²) < 4.78 is 0. The van der Waals surface area contributed by atoms with Gasteiger partial charge in [-0.05, 0) is 31.4 Å². The number of aromatic nitrogens is 1. The van der Waals surface area contributed by atoms with Gasteiger partial charge in [0.05, 0.1) is 6.10 Å². The first-order valence-electron chi connectivity index (χ1n) is 4.41. The van der Waals surface area contributed by atoms with Gasteiger partial charge in [0.15, 0.2) is 0 Å². The third-order valence-electron chi connectivity index (χ3n) is 1.93. The van der Waals surface area contributed by atoms with Crippen molar-refractivity contribution in [2.24, 2.45) is 0 Å². The molecule has 1 aromatic heterocycles. The van der Waals surface area contributed by atoms with Crippen LogP contribution in [0.5, 0.6) is 0 Å². The van der Waals surface area contributed by atoms with E-state index in [4.69, 9.17) is 0 Å². The van der Waals surface area contributed by atoms with Gasteiger partial charge in [-0.25, -0.2) is 0 Å². The van der Waals surface area contributed by atoms with Crippen LogP contribution >= 0.6 is 0 Å². The molecule has 0 aromatic carbocycles. The second-order valence-electron chi connectivity index (χ2n) is 2.92. The Morgan fingerprint density at radius 2 is 2.33 bits per heavy atom. The second kappa shape index (κ2) is 4.88. The van der Waals surface area contributed by atoms with Gasteiger partial charge in [0.1, 0.15) is 0 Å². The lowest BCUT2D eigenvalue weighted by atomic mass is 10.1. The lowest BCUT2D eigenvalue weighted by Gasteiger charge is -2.05. The summed E-state index contributed by atoms with van der Waals surface area (Å²) >= 11 is 0. The standard InChI is InChI=1S/C10H15NO/c1-2-10(12)7-6-9-5-3-4-8-11-9/h3-5,8,10,12H,2,6-7H2,1H3/t10-/m1/s1. The van der Waals surface area contributed by atoms with Gasteiger partial charge in [0.2, 0.25) is 0 Å². The summed E-state index contributed by atoms with van der Waals surface area (Å²) in [6.45, 7) is 1.99. The SMILES string of the molecule is CC[C@@H](O)CCc1ccccn1. The largest absolute Gasteiger partial charge is 0.393 e. The van der Waals surface area contributed by atoms with Gasteiger partial charge in [0, 0.05) is 11.9 Å². The van der Waals surface area contributed by atoms with E-state index in [0.29, 0.717) is 0 Å². The lowest BCUT2D eigenvalue weighted by Crippen LogP contribution is -2.06. The maximum atomic E-state index is 9.29. The molecule has 2 heteroatoms. The number of aliphatic hydroxyl groups is 1. The van der Waals surface area contributed by atoms with Gasteiger partial charge < -0.3 is 5.11 Å². The first kappa shape index (κ1) is 9.20. The molecule has 1 atom stereocenters. The van der Waals surface area contributed by atoms with Crippen molar-refractivity contribution in [3.05, 3.63) is 30.1 Å². The molecule has 1 rings (SSSR count). The van der Waals surface area contributed by atoms with Crippen molar-refractivity contribution in [2.45, 2.75) is 32.3 Å². The molecule has 1 heterocycles. The Kier molecular flexibility index (Phi) is 3.74. The second-order valence-corrected chi connectivity index (χ2v) is 2.92. The highest BCUT2D eigenvalue weighted by molar-refractivity contribution is 5.03. The average Bonchev–Trinajstić information content (AvgIpc) is 2.16. The smallest absolute Gasteiger partial charge is 0.0541 e. The van der Waals surface area contributed by atoms with Crippen molar-refractivity contribution in [3.8, 4) is 0 Å². The average molecular weight is 165 g/mol. The fraction of sp³-hybridized carbons (Fsp3) is 0.500. The van der Waals surface area contributed by atoms with Crippen molar-refractivity contribution in [1.82, 2.24) is 4.98 Å². The summed E-state index contributed by atoms with van der Waals surface area (Å²) in [4.78, 5) is 4.17. The molecule has 0 spiro atoms. The number of rotatable bonds is 4. The quantitative estimate of drug-likeness (QED) is 0.737. The Morgan fingerprint density at radius 1 is 1.50 bits per heavy atom. The Hall–Kier alpha value is -0.890. The van der Waals surface area contributed by atoms with Crippen LogP contribution in [0.25, 0.3) is 0 Å². The zero-order valence-corrected chi connectivity index (χ0v) is 7.40. The highest BCUT2D eigenvalue weighted by Gasteiger charge is 2.00. The van der Waals surface area contributed by atoms with Gasteiger partial charge >= 0.3 is 0 Å². The van der Waals surface area contributed by atoms with Crippen molar-refractivity contribution in [2.75, 3.05) is 0 Å². The first-order chi connectivity index (χ1) is 5.83. The summed E-state index contributed by atoms with van der Waals surface area (Å²) in [5, 5.41) is 9.29. The number of hydrogen-bond acceptors (Lipinski definition) is 2. The molecule has 66 valence electrons. The normalized spacial score (nSPS) is 12.8. The summed E-state index contributed by atoms with van der Waals surface area (Å²) in [6, 6.07) is 5.86. The monoisotopic (exact) mass is 165 g/mol. The number of hydrogen-bond donors (Lipinski definition) is 1. The van der Waals surface area contributed by atoms with Crippen LogP contribution in [0.4, 0.5) is 0 Å². The van der Waals surface area contributed by atoms with Crippen molar-refractivity contribution >= 4 is 0 Å². The molecule has 0 aliphatic carbocycles. The van der Waals surface area contributed by atoms with Crippen molar-refractivity contribution < 1.29 is 5.11 Å². The Balaban J connectivity index is 2.33. The molecule has 0 saturated carbocycles. The lowest BCUT2D eigenvalue weighted by molar-refractivity contribution is 0.160. The van der Waals surface area contributed by atoms with E-state index in [1.54, 1.807) is 6.20 Å². The van der Waals surface area contributed by atoms with Crippen molar-refractivity contribution in [1.29, 1.82) is 0 Å². The fourth-order valence-electron chi connectivity index (χ4n) is 1.06. The van der Waals surface area contributed by atoms with E-state index in [0.717, 1.165) is 25.0 Å². The van der Waals surface area contributed by atoms with Gasteiger partial charge in [-0.1, -0.05) is 13.0 Å². The molecular formula is C10H15NO. The predicted molar refractivity (Wildman–Crippen MR) is 48.9 cm³/mol. The Bertz CT molecular complexity index is 210. The van der Waals surface area contributed by atoms with Crippen LogP contribution in [0.15, 0.2) is 24.4 Å². The van der Waals surface area contributed by atoms with Crippen LogP contribution in [0.1, 0.15) is 25.5 Å². The van der Waals surface area contributed by atoms with Crippen LogP contribution in [0, 0.1) is 0 Å². The van der Waals surface area contributed by atoms with E-state index in [2.05, 4.69) is 4.98 Å². The van der Waals surface area contributed by atoms with Crippen LogP contribution < -0.4 is 0 Å².